The maximum absolute atomic E-state index is 13.7. The molecule has 0 spiro atoms. The number of piperidine rings is 1. The summed E-state index contributed by atoms with van der Waals surface area (Å²) in [5.41, 5.74) is 8.44. The number of hydrogen-bond donors (Lipinski definition) is 3. The second kappa shape index (κ2) is 21.4. The van der Waals surface area contributed by atoms with E-state index >= 15 is 0 Å². The fourth-order valence-corrected chi connectivity index (χ4v) is 14.6. The minimum atomic E-state index is -1.11. The molecule has 7 aromatic rings. The van der Waals surface area contributed by atoms with E-state index in [0.717, 1.165) is 119 Å². The normalized spacial score (nSPS) is 19.9. The molecule has 3 amide bonds. The summed E-state index contributed by atoms with van der Waals surface area (Å²) in [5.74, 6) is -0.943. The van der Waals surface area contributed by atoms with E-state index in [1.54, 1.807) is 0 Å². The number of aromatic carboxylic acids is 1. The van der Waals surface area contributed by atoms with Crippen molar-refractivity contribution in [2.75, 3.05) is 54.4 Å². The number of aromatic nitrogens is 4. The van der Waals surface area contributed by atoms with Gasteiger partial charge >= 0.3 is 276 Å². The van der Waals surface area contributed by atoms with E-state index in [4.69, 9.17) is 17.9 Å². The van der Waals surface area contributed by atoms with Gasteiger partial charge in [0.05, 0.1) is 10.2 Å². The molecule has 2 atom stereocenters. The van der Waals surface area contributed by atoms with Crippen molar-refractivity contribution >= 4 is 72.8 Å². The van der Waals surface area contributed by atoms with Gasteiger partial charge in [0.1, 0.15) is 0 Å². The Balaban J connectivity index is 0.664. The molecule has 4 aromatic carbocycles. The number of aliphatic hydroxyl groups is 1. The van der Waals surface area contributed by atoms with Gasteiger partial charge in [-0.1, -0.05) is 35.6 Å². The molecule has 4 N–H and O–H groups in total. The van der Waals surface area contributed by atoms with E-state index in [0.29, 0.717) is 64.4 Å². The van der Waals surface area contributed by atoms with Crippen LogP contribution in [0.3, 0.4) is 0 Å². The van der Waals surface area contributed by atoms with Gasteiger partial charge in [-0.05, 0) is 42.2 Å². The van der Waals surface area contributed by atoms with Gasteiger partial charge in [0.2, 0.25) is 11.8 Å². The monoisotopic (exact) mass is 1130 g/mol. The molecule has 3 aliphatic heterocycles. The summed E-state index contributed by atoms with van der Waals surface area (Å²) in [5, 5.41) is 22.4. The third-order valence-corrected chi connectivity index (χ3v) is 18.9. The fraction of sp³-hybridized carbons (Fsp3) is 0.375. The van der Waals surface area contributed by atoms with Crippen LogP contribution in [-0.2, 0) is 29.6 Å². The molecule has 11 rings (SSSR count). The molecule has 74 heavy (non-hydrogen) atoms. The number of piperazine rings is 1. The second-order valence-electron chi connectivity index (χ2n) is 19.8. The number of fused-ring (bicyclic) bond motifs is 3. The van der Waals surface area contributed by atoms with E-state index < -0.39 is 11.9 Å². The summed E-state index contributed by atoms with van der Waals surface area (Å²) in [6, 6.07) is 29.7. The zero-order chi connectivity index (χ0) is 51.0. The summed E-state index contributed by atoms with van der Waals surface area (Å²) >= 11 is 1.12. The molecule has 0 bridgehead atoms. The molecule has 384 valence electrons. The number of anilines is 3. The van der Waals surface area contributed by atoms with Crippen molar-refractivity contribution in [1.82, 2.24) is 30.0 Å². The summed E-state index contributed by atoms with van der Waals surface area (Å²) < 4.78 is 15.4. The first kappa shape index (κ1) is 49.7. The molecular formula is C56H60IN9O7S. The average Bonchev–Trinajstić information content (AvgIpc) is 3.99. The molecular weight excluding hydrogens is 1070 g/mol. The molecule has 0 radical (unpaired) electrons. The molecule has 3 fully saturated rings. The summed E-state index contributed by atoms with van der Waals surface area (Å²) in [7, 11) is 1.94. The van der Waals surface area contributed by atoms with Gasteiger partial charge in [-0.2, -0.15) is 0 Å². The number of alkyl halides is 1. The number of hydrogen-bond acceptors (Lipinski definition) is 12. The number of amides is 3. The van der Waals surface area contributed by atoms with E-state index in [1.165, 1.54) is 11.3 Å². The number of nitrogens with zero attached hydrogens (tertiary/aromatic N) is 7. The van der Waals surface area contributed by atoms with Crippen LogP contribution in [0.4, 0.5) is 16.6 Å². The van der Waals surface area contributed by atoms with Gasteiger partial charge in [0, 0.05) is 25.1 Å². The van der Waals surface area contributed by atoms with Gasteiger partial charge in [0.15, 0.2) is 5.13 Å². The Morgan fingerprint density at radius 3 is 2.47 bits per heavy atom. The summed E-state index contributed by atoms with van der Waals surface area (Å²) in [6.07, 6.45) is 5.66. The Kier molecular flexibility index (Phi) is 14.4. The number of carbonyl (C=O) groups excluding carboxylic acids is 3. The molecule has 6 heterocycles. The van der Waals surface area contributed by atoms with Crippen LogP contribution < -0.4 is 46.8 Å². The third-order valence-electron chi connectivity index (χ3n) is 15.2. The Hall–Kier alpha value is -6.48. The van der Waals surface area contributed by atoms with Gasteiger partial charge in [-0.15, -0.1) is 0 Å². The van der Waals surface area contributed by atoms with Crippen LogP contribution in [0.15, 0.2) is 91.0 Å². The first-order valence-electron chi connectivity index (χ1n) is 25.6. The molecule has 18 heteroatoms. The van der Waals surface area contributed by atoms with Crippen molar-refractivity contribution in [3.8, 4) is 16.9 Å². The first-order valence-corrected chi connectivity index (χ1v) is 28.6. The molecule has 2 saturated heterocycles. The van der Waals surface area contributed by atoms with Crippen molar-refractivity contribution in [1.29, 1.82) is 0 Å². The standard InChI is InChI=1S/C56H60IN9O7S/c1-33(64-27-29-65(30-28-64)45-14-7-12-41-50(62-63(3)52(41)45)42-22-24-49(67)60-54(42)69)32-72-57-36-17-19-37(20-18-36)73-46-15-8-10-38(34(46)2)39-21-23-48(59-51(39)55(70)71)66-26-25-35-9-6-11-40(43(35)31-66)53(68)61-56-58-44-13-4-5-16-47(44)74-56/h4-16,21,23,33,36-37,42,72H,17-20,22,24-32H2,1-3H3,(H,70,71)(H,58,61,68)(H,60,67,69)/t33-,36?,37?,42?/m0/s1. The van der Waals surface area contributed by atoms with Crippen LogP contribution in [0, 0.1) is 6.92 Å². The zero-order valence-corrected chi connectivity index (χ0v) is 44.7. The molecule has 3 aromatic heterocycles. The Labute approximate surface area is 444 Å². The van der Waals surface area contributed by atoms with Crippen molar-refractivity contribution in [2.24, 2.45) is 7.05 Å². The molecule has 4 aliphatic rings. The molecule has 16 nitrogen and oxygen atoms in total. The number of ether oxygens (including phenoxy) is 1. The van der Waals surface area contributed by atoms with Gasteiger partial charge in [-0.3, -0.25) is 25.0 Å². The first-order chi connectivity index (χ1) is 35.9. The summed E-state index contributed by atoms with van der Waals surface area (Å²) in [6.45, 7) is 9.83. The Morgan fingerprint density at radius 2 is 1.68 bits per heavy atom. The topological polar surface area (TPSA) is 188 Å². The minimum absolute atomic E-state index is 0.0257. The van der Waals surface area contributed by atoms with E-state index in [2.05, 4.69) is 38.4 Å². The van der Waals surface area contributed by atoms with E-state index in [9.17, 15) is 24.3 Å². The number of carbonyl (C=O) groups is 4. The van der Waals surface area contributed by atoms with Gasteiger partial charge < -0.3 is 4.90 Å². The fourth-order valence-electron chi connectivity index (χ4n) is 11.1. The van der Waals surface area contributed by atoms with Gasteiger partial charge in [-0.25, -0.2) is 4.98 Å². The number of aryl methyl sites for hydroxylation is 1. The molecule has 1 saturated carbocycles. The van der Waals surface area contributed by atoms with Crippen molar-refractivity contribution in [3.05, 3.63) is 125 Å². The van der Waals surface area contributed by atoms with E-state index in [1.807, 2.05) is 108 Å². The number of para-hydroxylation sites is 2. The SMILES string of the molecule is Cc1c(OC2CCC([I-][OH+]C[C@H](C)N3CCN(c4cccc5c(C6CCC(=O)NC6=O)nn(C)c45)CC3)CC2)cccc1-c1ccc(N2CCc3cccc(C(=O)Nc4nc5ccccc5s4)c3C2)nc1C(=O)O. The Bertz CT molecular complexity index is 3260. The number of rotatable bonds is 14. The van der Waals surface area contributed by atoms with Gasteiger partial charge in [0.25, 0.3) is 5.91 Å². The Morgan fingerprint density at radius 1 is 0.878 bits per heavy atom. The number of halogens is 1. The second-order valence-corrected chi connectivity index (χ2v) is 23.8. The van der Waals surface area contributed by atoms with Crippen molar-refractivity contribution in [3.63, 3.8) is 0 Å². The average molecular weight is 1130 g/mol. The van der Waals surface area contributed by atoms with Crippen LogP contribution in [0.25, 0.3) is 32.2 Å². The van der Waals surface area contributed by atoms with Crippen LogP contribution in [0.5, 0.6) is 5.75 Å². The molecule has 1 unspecified atom stereocenters. The quantitative estimate of drug-likeness (QED) is 0.0573. The number of pyridine rings is 1. The van der Waals surface area contributed by atoms with Crippen LogP contribution in [0.1, 0.15) is 94.6 Å². The maximum atomic E-state index is 13.7. The number of benzene rings is 4. The number of carboxylic acid groups (broad SMARTS) is 1. The van der Waals surface area contributed by atoms with E-state index in [-0.39, 0.29) is 51.1 Å². The van der Waals surface area contributed by atoms with Crippen LogP contribution in [0.2, 0.25) is 0 Å². The number of thiazole rings is 1. The molecule has 1 aliphatic carbocycles. The number of nitrogens with one attached hydrogen (secondary N) is 2. The number of imide groups is 1. The number of carboxylic acids is 1. The summed E-state index contributed by atoms with van der Waals surface area (Å²) in [4.78, 5) is 67.5. The predicted molar refractivity (Wildman–Crippen MR) is 283 cm³/mol. The van der Waals surface area contributed by atoms with Crippen molar-refractivity contribution < 1.29 is 53.7 Å². The van der Waals surface area contributed by atoms with Crippen LogP contribution in [-0.4, -0.2) is 112 Å². The zero-order valence-electron chi connectivity index (χ0n) is 41.7. The third kappa shape index (κ3) is 10.2. The predicted octanol–water partition coefficient (Wildman–Crippen LogP) is 5.02. The van der Waals surface area contributed by atoms with Crippen molar-refractivity contribution in [2.45, 2.75) is 87.3 Å². The van der Waals surface area contributed by atoms with Crippen LogP contribution >= 0.6 is 11.3 Å².